The molecule has 3 aromatic rings. The lowest BCUT2D eigenvalue weighted by molar-refractivity contribution is -0.384. The van der Waals surface area contributed by atoms with Crippen molar-refractivity contribution >= 4 is 29.3 Å². The molecule has 0 fully saturated rings. The Labute approximate surface area is 127 Å². The maximum Gasteiger partial charge on any atom is 0.269 e. The van der Waals surface area contributed by atoms with Crippen molar-refractivity contribution in [1.82, 2.24) is 4.57 Å². The number of halogens is 1. The Bertz CT molecular complexity index is 860. The Morgan fingerprint density at radius 2 is 2.09 bits per heavy atom. The van der Waals surface area contributed by atoms with Crippen molar-refractivity contribution in [3.63, 3.8) is 0 Å². The molecule has 22 heavy (non-hydrogen) atoms. The van der Waals surface area contributed by atoms with E-state index in [1.54, 1.807) is 18.2 Å². The van der Waals surface area contributed by atoms with Crippen LogP contribution in [-0.4, -0.2) is 16.8 Å². The van der Waals surface area contributed by atoms with Crippen LogP contribution >= 0.6 is 0 Å². The van der Waals surface area contributed by atoms with Gasteiger partial charge < -0.3 is 4.57 Å². The van der Waals surface area contributed by atoms with Gasteiger partial charge in [0.05, 0.1) is 4.92 Å². The first-order valence-corrected chi connectivity index (χ1v) is 7.09. The third kappa shape index (κ3) is 2.59. The molecule has 0 aliphatic heterocycles. The molecule has 0 saturated carbocycles. The largest absolute Gasteiger partial charge is 0.343 e. The molecule has 2 aromatic carbocycles. The van der Waals surface area contributed by atoms with Crippen LogP contribution in [0.3, 0.4) is 0 Å². The van der Waals surface area contributed by atoms with Crippen LogP contribution in [0.1, 0.15) is 5.56 Å². The Morgan fingerprint density at radius 1 is 1.27 bits per heavy atom. The van der Waals surface area contributed by atoms with E-state index in [9.17, 15) is 14.5 Å². The summed E-state index contributed by atoms with van der Waals surface area (Å²) in [5.41, 5.74) is 2.86. The number of non-ortho nitro benzene ring substituents is 1. The molecule has 1 heterocycles. The summed E-state index contributed by atoms with van der Waals surface area (Å²) < 4.78 is 15.3. The fourth-order valence-corrected chi connectivity index (χ4v) is 2.76. The highest BCUT2D eigenvalue weighted by Gasteiger charge is 2.14. The maximum atomic E-state index is 13.3. The van der Waals surface area contributed by atoms with Crippen LogP contribution < -0.4 is 5.46 Å². The molecular weight excluding hydrogens is 282 g/mol. The zero-order valence-corrected chi connectivity index (χ0v) is 12.1. The van der Waals surface area contributed by atoms with E-state index in [1.165, 1.54) is 12.1 Å². The van der Waals surface area contributed by atoms with Gasteiger partial charge in [0.1, 0.15) is 5.82 Å². The van der Waals surface area contributed by atoms with Gasteiger partial charge in [-0.1, -0.05) is 24.4 Å². The third-order valence-electron chi connectivity index (χ3n) is 3.76. The van der Waals surface area contributed by atoms with E-state index < -0.39 is 0 Å². The van der Waals surface area contributed by atoms with Crippen LogP contribution in [0.4, 0.5) is 10.1 Å². The van der Waals surface area contributed by atoms with Crippen molar-refractivity contribution in [1.29, 1.82) is 0 Å². The lowest BCUT2D eigenvalue weighted by Crippen LogP contribution is -2.16. The van der Waals surface area contributed by atoms with E-state index in [2.05, 4.69) is 0 Å². The van der Waals surface area contributed by atoms with E-state index in [4.69, 9.17) is 0 Å². The fraction of sp³-hybridized carbons (Fsp3) is 0.125. The Morgan fingerprint density at radius 3 is 2.77 bits per heavy atom. The number of rotatable bonds is 4. The minimum atomic E-state index is -0.373. The summed E-state index contributed by atoms with van der Waals surface area (Å²) >= 11 is 0. The van der Waals surface area contributed by atoms with Gasteiger partial charge >= 0.3 is 0 Å². The van der Waals surface area contributed by atoms with Crippen LogP contribution in [0.15, 0.2) is 48.7 Å². The Kier molecular flexibility index (Phi) is 3.67. The number of hydrogen-bond acceptors (Lipinski definition) is 2. The number of fused-ring (bicyclic) bond motifs is 1. The molecule has 0 atom stereocenters. The minimum absolute atomic E-state index is 0.104. The van der Waals surface area contributed by atoms with Gasteiger partial charge in [-0.15, -0.1) is 0 Å². The molecule has 0 saturated heterocycles. The zero-order valence-electron chi connectivity index (χ0n) is 12.1. The fourth-order valence-electron chi connectivity index (χ4n) is 2.76. The van der Waals surface area contributed by atoms with Crippen molar-refractivity contribution in [2.45, 2.75) is 13.4 Å². The molecule has 1 aromatic heterocycles. The van der Waals surface area contributed by atoms with Gasteiger partial charge in [-0.05, 0) is 23.8 Å². The second-order valence-electron chi connectivity index (χ2n) is 5.23. The molecule has 0 amide bonds. The quantitative estimate of drug-likeness (QED) is 0.422. The summed E-state index contributed by atoms with van der Waals surface area (Å²) in [6.07, 6.45) is 1.89. The minimum Gasteiger partial charge on any atom is -0.343 e. The lowest BCUT2D eigenvalue weighted by atomic mass is 9.72. The van der Waals surface area contributed by atoms with Crippen LogP contribution in [0.2, 0.25) is 6.82 Å². The summed E-state index contributed by atoms with van der Waals surface area (Å²) in [6, 6.07) is 11.5. The number of nitro groups is 1. The first kappa shape index (κ1) is 14.3. The average molecular weight is 296 g/mol. The molecule has 0 radical (unpaired) electrons. The highest BCUT2D eigenvalue weighted by Crippen LogP contribution is 2.21. The van der Waals surface area contributed by atoms with E-state index in [1.807, 2.05) is 29.7 Å². The van der Waals surface area contributed by atoms with Gasteiger partial charge in [0.2, 0.25) is 0 Å². The first-order valence-electron chi connectivity index (χ1n) is 7.09. The van der Waals surface area contributed by atoms with Crippen LogP contribution in [0, 0.1) is 15.9 Å². The van der Waals surface area contributed by atoms with Crippen LogP contribution in [-0.2, 0) is 6.54 Å². The highest BCUT2D eigenvalue weighted by molar-refractivity contribution is 6.55. The Balaban J connectivity index is 2.09. The molecule has 0 aliphatic carbocycles. The van der Waals surface area contributed by atoms with Gasteiger partial charge in [-0.3, -0.25) is 10.1 Å². The summed E-state index contributed by atoms with van der Waals surface area (Å²) in [5, 5.41) is 11.8. The smallest absolute Gasteiger partial charge is 0.269 e. The second kappa shape index (κ2) is 5.64. The number of nitrogens with zero attached hydrogens (tertiary/aromatic N) is 2. The van der Waals surface area contributed by atoms with Crippen molar-refractivity contribution in [3.8, 4) is 0 Å². The third-order valence-corrected chi connectivity index (χ3v) is 3.76. The van der Waals surface area contributed by atoms with E-state index in [0.717, 1.165) is 21.9 Å². The topological polar surface area (TPSA) is 48.1 Å². The summed E-state index contributed by atoms with van der Waals surface area (Å²) in [7, 11) is 0.700. The molecule has 3 rings (SSSR count). The number of hydrogen-bond donors (Lipinski definition) is 0. The van der Waals surface area contributed by atoms with Crippen LogP contribution in [0.25, 0.3) is 10.9 Å². The van der Waals surface area contributed by atoms with E-state index in [-0.39, 0.29) is 16.4 Å². The van der Waals surface area contributed by atoms with Crippen molar-refractivity contribution in [3.05, 3.63) is 70.2 Å². The predicted molar refractivity (Wildman–Crippen MR) is 86.7 cm³/mol. The zero-order chi connectivity index (χ0) is 15.7. The number of aromatic nitrogens is 1. The summed E-state index contributed by atoms with van der Waals surface area (Å²) in [5.74, 6) is -0.264. The van der Waals surface area contributed by atoms with E-state index >= 15 is 0 Å². The summed E-state index contributed by atoms with van der Waals surface area (Å²) in [6.45, 7) is 2.50. The molecule has 110 valence electrons. The SMILES string of the molecule is CBc1cc([N+](=O)[O-])cc2ccn(Cc3cccc(F)c3)c12. The highest BCUT2D eigenvalue weighted by atomic mass is 19.1. The lowest BCUT2D eigenvalue weighted by Gasteiger charge is -2.09. The monoisotopic (exact) mass is 296 g/mol. The maximum absolute atomic E-state index is 13.3. The van der Waals surface area contributed by atoms with Gasteiger partial charge in [-0.25, -0.2) is 4.39 Å². The predicted octanol–water partition coefficient (Wildman–Crippen LogP) is 2.85. The number of nitro benzene ring substituents is 1. The van der Waals surface area contributed by atoms with Crippen molar-refractivity contribution in [2.75, 3.05) is 0 Å². The van der Waals surface area contributed by atoms with Gasteiger partial charge in [-0.2, -0.15) is 0 Å². The van der Waals surface area contributed by atoms with Crippen molar-refractivity contribution in [2.24, 2.45) is 0 Å². The molecule has 0 bridgehead atoms. The van der Waals surface area contributed by atoms with E-state index in [0.29, 0.717) is 13.8 Å². The van der Waals surface area contributed by atoms with Gasteiger partial charge in [0.25, 0.3) is 5.69 Å². The number of benzene rings is 2. The van der Waals surface area contributed by atoms with Crippen molar-refractivity contribution < 1.29 is 9.31 Å². The Hall–Kier alpha value is -2.63. The molecule has 0 N–H and O–H groups in total. The summed E-state index contributed by atoms with van der Waals surface area (Å²) in [4.78, 5) is 10.6. The molecule has 0 unspecified atom stereocenters. The molecular formula is C16H14BFN2O2. The van der Waals surface area contributed by atoms with Crippen LogP contribution in [0.5, 0.6) is 0 Å². The molecule has 4 nitrogen and oxygen atoms in total. The standard InChI is InChI=1S/C16H14BFN2O2/c1-17-15-9-14(20(21)22)8-12-5-6-19(16(12)15)10-11-3-2-4-13(18)7-11/h2-9,17H,10H2,1H3. The van der Waals surface area contributed by atoms with Gasteiger partial charge in [0, 0.05) is 35.8 Å². The second-order valence-corrected chi connectivity index (χ2v) is 5.23. The van der Waals surface area contributed by atoms with Gasteiger partial charge in [0.15, 0.2) is 7.28 Å². The normalized spacial score (nSPS) is 10.8. The average Bonchev–Trinajstić information content (AvgIpc) is 2.89. The molecule has 0 aliphatic rings. The first-order chi connectivity index (χ1) is 10.6. The molecule has 6 heteroatoms. The molecule has 0 spiro atoms.